The minimum absolute atomic E-state index is 0.0883. The zero-order chi connectivity index (χ0) is 18.8. The third-order valence-electron chi connectivity index (χ3n) is 3.16. The third-order valence-corrected chi connectivity index (χ3v) is 3.35. The fourth-order valence-electron chi connectivity index (χ4n) is 1.85. The van der Waals surface area contributed by atoms with Crippen LogP contribution in [0.5, 0.6) is 0 Å². The highest BCUT2D eigenvalue weighted by atomic mass is 31.0. The number of allylic oxidation sites excluding steroid dienone is 3. The van der Waals surface area contributed by atoms with E-state index < -0.39 is 11.8 Å². The van der Waals surface area contributed by atoms with Crippen molar-refractivity contribution >= 4 is 27.0 Å². The second kappa shape index (κ2) is 10.4. The molecule has 1 amide bonds. The van der Waals surface area contributed by atoms with Crippen molar-refractivity contribution in [3.05, 3.63) is 65.5 Å². The summed E-state index contributed by atoms with van der Waals surface area (Å²) in [5.41, 5.74) is 7.94. The highest BCUT2D eigenvalue weighted by Gasteiger charge is 2.10. The molecule has 0 bridgehead atoms. The molecule has 25 heavy (non-hydrogen) atoms. The van der Waals surface area contributed by atoms with Crippen molar-refractivity contribution < 1.29 is 9.18 Å². The third kappa shape index (κ3) is 7.31. The molecule has 3 N–H and O–H groups in total. The molecule has 0 fully saturated rings. The van der Waals surface area contributed by atoms with Gasteiger partial charge in [0.15, 0.2) is 0 Å². The second-order valence-corrected chi connectivity index (χ2v) is 5.88. The van der Waals surface area contributed by atoms with E-state index in [1.807, 2.05) is 40.4 Å². The average molecular weight is 362 g/mol. The van der Waals surface area contributed by atoms with Gasteiger partial charge in [-0.05, 0) is 38.1 Å². The second-order valence-electron chi connectivity index (χ2n) is 5.25. The van der Waals surface area contributed by atoms with Gasteiger partial charge in [0.2, 0.25) is 0 Å². The van der Waals surface area contributed by atoms with Crippen molar-refractivity contribution in [2.45, 2.75) is 19.8 Å². The highest BCUT2D eigenvalue weighted by molar-refractivity contribution is 7.17. The molecule has 0 aromatic heterocycles. The SMILES string of the molecule is C/C=C\C(=C/N)NC(=O)C(/C=N\N(C)c1ccc(C)cc1)=C\C(F)P. The van der Waals surface area contributed by atoms with E-state index in [1.165, 1.54) is 12.4 Å². The molecule has 0 saturated carbocycles. The van der Waals surface area contributed by atoms with Gasteiger partial charge in [-0.15, -0.1) is 0 Å². The Labute approximate surface area is 150 Å². The summed E-state index contributed by atoms with van der Waals surface area (Å²) in [5.74, 6) is -1.87. The summed E-state index contributed by atoms with van der Waals surface area (Å²) in [7, 11) is 3.72. The molecule has 1 rings (SSSR count). The van der Waals surface area contributed by atoms with Gasteiger partial charge < -0.3 is 11.1 Å². The van der Waals surface area contributed by atoms with Gasteiger partial charge in [-0.1, -0.05) is 33.0 Å². The summed E-state index contributed by atoms with van der Waals surface area (Å²) >= 11 is 0. The number of carbonyl (C=O) groups excluding carboxylic acids is 1. The van der Waals surface area contributed by atoms with Crippen molar-refractivity contribution in [1.29, 1.82) is 0 Å². The monoisotopic (exact) mass is 362 g/mol. The summed E-state index contributed by atoms with van der Waals surface area (Å²) in [6, 6.07) is 7.73. The Hall–Kier alpha value is -2.46. The molecule has 0 aliphatic carbocycles. The van der Waals surface area contributed by atoms with Crippen LogP contribution in [-0.2, 0) is 4.79 Å². The van der Waals surface area contributed by atoms with Crippen LogP contribution in [0.4, 0.5) is 10.1 Å². The van der Waals surface area contributed by atoms with Crippen molar-refractivity contribution in [1.82, 2.24) is 5.32 Å². The highest BCUT2D eigenvalue weighted by Crippen LogP contribution is 2.14. The van der Waals surface area contributed by atoms with E-state index >= 15 is 0 Å². The smallest absolute Gasteiger partial charge is 0.257 e. The predicted molar refractivity (Wildman–Crippen MR) is 106 cm³/mol. The molecule has 0 heterocycles. The number of hydrogen-bond donors (Lipinski definition) is 2. The number of alkyl halides is 1. The molecule has 0 aliphatic rings. The van der Waals surface area contributed by atoms with Gasteiger partial charge in [0.1, 0.15) is 5.91 Å². The first-order valence-corrected chi connectivity index (χ1v) is 8.35. The lowest BCUT2D eigenvalue weighted by Gasteiger charge is -2.13. The number of aryl methyl sites for hydroxylation is 1. The lowest BCUT2D eigenvalue weighted by molar-refractivity contribution is -0.116. The summed E-state index contributed by atoms with van der Waals surface area (Å²) in [5, 5.41) is 8.41. The Morgan fingerprint density at radius 3 is 2.56 bits per heavy atom. The van der Waals surface area contributed by atoms with Crippen molar-refractivity contribution in [2.75, 3.05) is 12.1 Å². The van der Waals surface area contributed by atoms with Crippen LogP contribution in [0, 0.1) is 6.92 Å². The van der Waals surface area contributed by atoms with E-state index in [-0.39, 0.29) is 5.57 Å². The summed E-state index contributed by atoms with van der Waals surface area (Å²) in [6.45, 7) is 3.79. The number of nitrogens with two attached hydrogens (primary N) is 1. The first kappa shape index (κ1) is 20.6. The standard InChI is InChI=1S/C18H24FN4OP/c1-4-5-15(11-20)22-18(24)14(10-17(19)25)12-21-23(3)16-8-6-13(2)7-9-16/h4-12,17H,20,25H2,1-3H3,(H,22,24)/b5-4-,14-10-,15-11+,21-12-. The lowest BCUT2D eigenvalue weighted by Crippen LogP contribution is -2.26. The quantitative estimate of drug-likeness (QED) is 0.258. The van der Waals surface area contributed by atoms with Gasteiger partial charge in [-0.2, -0.15) is 5.10 Å². The van der Waals surface area contributed by atoms with Crippen LogP contribution in [0.3, 0.4) is 0 Å². The average Bonchev–Trinajstić information content (AvgIpc) is 2.58. The number of hydrazone groups is 1. The van der Waals surface area contributed by atoms with E-state index in [2.05, 4.69) is 10.4 Å². The summed E-state index contributed by atoms with van der Waals surface area (Å²) < 4.78 is 13.3. The molecule has 7 heteroatoms. The maximum Gasteiger partial charge on any atom is 0.257 e. The van der Waals surface area contributed by atoms with E-state index in [4.69, 9.17) is 5.73 Å². The zero-order valence-electron chi connectivity index (χ0n) is 14.6. The fraction of sp³-hybridized carbons (Fsp3) is 0.222. The first-order valence-electron chi connectivity index (χ1n) is 7.69. The van der Waals surface area contributed by atoms with Crippen LogP contribution < -0.4 is 16.1 Å². The topological polar surface area (TPSA) is 70.7 Å². The van der Waals surface area contributed by atoms with Gasteiger partial charge >= 0.3 is 0 Å². The lowest BCUT2D eigenvalue weighted by atomic mass is 10.2. The number of amides is 1. The Bertz CT molecular complexity index is 694. The minimum Gasteiger partial charge on any atom is -0.403 e. The normalized spacial score (nSPS) is 14.1. The van der Waals surface area contributed by atoms with E-state index in [0.29, 0.717) is 5.70 Å². The van der Waals surface area contributed by atoms with Gasteiger partial charge in [0.25, 0.3) is 5.91 Å². The molecule has 5 nitrogen and oxygen atoms in total. The van der Waals surface area contributed by atoms with Gasteiger partial charge in [-0.25, -0.2) is 4.39 Å². The van der Waals surface area contributed by atoms with Crippen LogP contribution in [0.15, 0.2) is 65.1 Å². The molecule has 0 aliphatic heterocycles. The van der Waals surface area contributed by atoms with Gasteiger partial charge in [0, 0.05) is 13.2 Å². The molecule has 2 unspecified atom stereocenters. The number of halogens is 1. The molecular formula is C18H24FN4OP. The molecule has 0 radical (unpaired) electrons. The van der Waals surface area contributed by atoms with Crippen LogP contribution in [-0.4, -0.2) is 25.1 Å². The number of nitrogens with one attached hydrogen (secondary N) is 1. The van der Waals surface area contributed by atoms with Crippen molar-refractivity contribution in [3.8, 4) is 0 Å². The Kier molecular flexibility index (Phi) is 8.57. The minimum atomic E-state index is -1.37. The van der Waals surface area contributed by atoms with Gasteiger partial charge in [0.05, 0.1) is 23.2 Å². The number of anilines is 1. The van der Waals surface area contributed by atoms with Crippen LogP contribution in [0.25, 0.3) is 0 Å². The number of hydrogen-bond acceptors (Lipinski definition) is 4. The van der Waals surface area contributed by atoms with E-state index in [9.17, 15) is 9.18 Å². The predicted octanol–water partition coefficient (Wildman–Crippen LogP) is 3.01. The molecule has 134 valence electrons. The van der Waals surface area contributed by atoms with E-state index in [1.54, 1.807) is 31.1 Å². The maximum absolute atomic E-state index is 13.3. The molecular weight excluding hydrogens is 338 g/mol. The molecule has 2 atom stereocenters. The van der Waals surface area contributed by atoms with Crippen molar-refractivity contribution in [3.63, 3.8) is 0 Å². The van der Waals surface area contributed by atoms with Crippen LogP contribution in [0.1, 0.15) is 12.5 Å². The Morgan fingerprint density at radius 1 is 1.40 bits per heavy atom. The number of nitrogens with zero attached hydrogens (tertiary/aromatic N) is 2. The molecule has 0 saturated heterocycles. The van der Waals surface area contributed by atoms with Crippen molar-refractivity contribution in [2.24, 2.45) is 10.8 Å². The fourth-order valence-corrected chi connectivity index (χ4v) is 2.05. The molecule has 1 aromatic carbocycles. The Morgan fingerprint density at radius 2 is 2.04 bits per heavy atom. The number of benzene rings is 1. The number of carbonyl (C=O) groups is 1. The van der Waals surface area contributed by atoms with Crippen LogP contribution >= 0.6 is 9.24 Å². The van der Waals surface area contributed by atoms with Crippen LogP contribution in [0.2, 0.25) is 0 Å². The number of rotatable bonds is 7. The molecule has 1 aromatic rings. The maximum atomic E-state index is 13.3. The molecule has 0 spiro atoms. The largest absolute Gasteiger partial charge is 0.403 e. The first-order chi connectivity index (χ1) is 11.9. The summed E-state index contributed by atoms with van der Waals surface area (Å²) in [4.78, 5) is 12.3. The summed E-state index contributed by atoms with van der Waals surface area (Å²) in [6.07, 6.45) is 7.11. The zero-order valence-corrected chi connectivity index (χ0v) is 15.8. The van der Waals surface area contributed by atoms with E-state index in [0.717, 1.165) is 17.3 Å². The Balaban J connectivity index is 2.95. The van der Waals surface area contributed by atoms with Gasteiger partial charge in [-0.3, -0.25) is 9.80 Å².